The van der Waals surface area contributed by atoms with Gasteiger partial charge < -0.3 is 5.32 Å². The smallest absolute Gasteiger partial charge is 0.205 e. The molecule has 2 rings (SSSR count). The van der Waals surface area contributed by atoms with Crippen LogP contribution in [0.2, 0.25) is 0 Å². The molecule has 2 saturated carbocycles. The standard InChI is InChI=1S/C13H26N4/c1-9(2)7-15-13(17-14)16-8-12(10-3-4-10)11-5-6-11/h9-12H,3-8,14H2,1-2H3,(H2,15,16,17). The predicted octanol–water partition coefficient (Wildman–Crippen LogP) is 1.49. The minimum atomic E-state index is 0.572. The summed E-state index contributed by atoms with van der Waals surface area (Å²) in [7, 11) is 0. The van der Waals surface area contributed by atoms with Crippen LogP contribution in [0.15, 0.2) is 4.99 Å². The number of guanidine groups is 1. The number of hydrogen-bond donors (Lipinski definition) is 3. The van der Waals surface area contributed by atoms with Gasteiger partial charge in [-0.05, 0) is 49.4 Å². The number of hydrogen-bond acceptors (Lipinski definition) is 2. The lowest BCUT2D eigenvalue weighted by Crippen LogP contribution is -2.44. The van der Waals surface area contributed by atoms with Crippen LogP contribution in [0.4, 0.5) is 0 Å². The van der Waals surface area contributed by atoms with Crippen molar-refractivity contribution in [3.8, 4) is 0 Å². The van der Waals surface area contributed by atoms with Crippen LogP contribution in [-0.2, 0) is 0 Å². The van der Waals surface area contributed by atoms with Gasteiger partial charge >= 0.3 is 0 Å². The van der Waals surface area contributed by atoms with Crippen molar-refractivity contribution in [1.29, 1.82) is 0 Å². The summed E-state index contributed by atoms with van der Waals surface area (Å²) in [6.45, 7) is 6.18. The lowest BCUT2D eigenvalue weighted by atomic mass is 9.98. The van der Waals surface area contributed by atoms with Crippen molar-refractivity contribution in [2.75, 3.05) is 13.1 Å². The summed E-state index contributed by atoms with van der Waals surface area (Å²) in [5, 5.41) is 3.38. The second kappa shape index (κ2) is 5.71. The number of aliphatic imine (C=N–C) groups is 1. The van der Waals surface area contributed by atoms with Crippen LogP contribution >= 0.6 is 0 Å². The molecule has 98 valence electrons. The van der Waals surface area contributed by atoms with Crippen molar-refractivity contribution in [1.82, 2.24) is 10.7 Å². The van der Waals surface area contributed by atoms with E-state index in [2.05, 4.69) is 29.6 Å². The fourth-order valence-corrected chi connectivity index (χ4v) is 2.41. The molecule has 0 amide bonds. The fraction of sp³-hybridized carbons (Fsp3) is 0.923. The molecular weight excluding hydrogens is 212 g/mol. The first-order valence-electron chi connectivity index (χ1n) is 6.95. The molecule has 0 aliphatic heterocycles. The molecule has 4 heteroatoms. The third kappa shape index (κ3) is 4.19. The van der Waals surface area contributed by atoms with Gasteiger partial charge in [0, 0.05) is 13.1 Å². The molecule has 0 bridgehead atoms. The van der Waals surface area contributed by atoms with E-state index in [1.807, 2.05) is 0 Å². The second-order valence-electron chi connectivity index (χ2n) is 5.95. The topological polar surface area (TPSA) is 62.4 Å². The van der Waals surface area contributed by atoms with Gasteiger partial charge in [0.2, 0.25) is 5.96 Å². The van der Waals surface area contributed by atoms with Gasteiger partial charge in [0.1, 0.15) is 0 Å². The molecule has 2 aliphatic carbocycles. The Morgan fingerprint density at radius 2 is 1.82 bits per heavy atom. The number of rotatable bonds is 6. The summed E-state index contributed by atoms with van der Waals surface area (Å²) >= 11 is 0. The van der Waals surface area contributed by atoms with Crippen molar-refractivity contribution in [2.45, 2.75) is 39.5 Å². The predicted molar refractivity (Wildman–Crippen MR) is 71.4 cm³/mol. The first-order chi connectivity index (χ1) is 8.20. The van der Waals surface area contributed by atoms with Gasteiger partial charge in [-0.1, -0.05) is 13.8 Å². The van der Waals surface area contributed by atoms with Gasteiger partial charge in [-0.3, -0.25) is 10.4 Å². The Hall–Kier alpha value is -0.770. The van der Waals surface area contributed by atoms with Crippen molar-refractivity contribution in [3.63, 3.8) is 0 Å². The van der Waals surface area contributed by atoms with Crippen LogP contribution in [0.5, 0.6) is 0 Å². The maximum absolute atomic E-state index is 5.49. The molecule has 0 unspecified atom stereocenters. The third-order valence-corrected chi connectivity index (χ3v) is 3.71. The maximum atomic E-state index is 5.49. The van der Waals surface area contributed by atoms with Crippen LogP contribution in [0.1, 0.15) is 39.5 Å². The maximum Gasteiger partial charge on any atom is 0.205 e. The van der Waals surface area contributed by atoms with Gasteiger partial charge in [0.05, 0.1) is 0 Å². The molecule has 0 aromatic carbocycles. The Labute approximate surface area is 104 Å². The molecule has 0 aromatic rings. The van der Waals surface area contributed by atoms with E-state index in [4.69, 9.17) is 5.84 Å². The average molecular weight is 238 g/mol. The molecule has 4 N–H and O–H groups in total. The van der Waals surface area contributed by atoms with Crippen LogP contribution in [0.25, 0.3) is 0 Å². The Bertz CT molecular complexity index is 255. The summed E-state index contributed by atoms with van der Waals surface area (Å²) in [6.07, 6.45) is 5.71. The number of nitrogens with two attached hydrogens (primary N) is 1. The van der Waals surface area contributed by atoms with Crippen LogP contribution < -0.4 is 16.6 Å². The summed E-state index contributed by atoms with van der Waals surface area (Å²) < 4.78 is 0. The fourth-order valence-electron chi connectivity index (χ4n) is 2.41. The van der Waals surface area contributed by atoms with Crippen molar-refractivity contribution in [3.05, 3.63) is 0 Å². The summed E-state index contributed by atoms with van der Waals surface area (Å²) in [5.41, 5.74) is 2.67. The highest BCUT2D eigenvalue weighted by Crippen LogP contribution is 2.48. The van der Waals surface area contributed by atoms with Crippen LogP contribution in [-0.4, -0.2) is 19.0 Å². The minimum Gasteiger partial charge on any atom is -0.355 e. The zero-order valence-electron chi connectivity index (χ0n) is 11.1. The van der Waals surface area contributed by atoms with Gasteiger partial charge in [0.25, 0.3) is 0 Å². The first-order valence-corrected chi connectivity index (χ1v) is 6.95. The van der Waals surface area contributed by atoms with Gasteiger partial charge in [-0.2, -0.15) is 0 Å². The van der Waals surface area contributed by atoms with Gasteiger partial charge in [-0.15, -0.1) is 0 Å². The van der Waals surface area contributed by atoms with E-state index >= 15 is 0 Å². The van der Waals surface area contributed by atoms with Gasteiger partial charge in [-0.25, -0.2) is 5.84 Å². The Morgan fingerprint density at radius 3 is 2.24 bits per heavy atom. The molecule has 4 nitrogen and oxygen atoms in total. The Morgan fingerprint density at radius 1 is 1.24 bits per heavy atom. The lowest BCUT2D eigenvalue weighted by Gasteiger charge is -2.18. The molecule has 2 aliphatic rings. The lowest BCUT2D eigenvalue weighted by molar-refractivity contribution is 0.400. The summed E-state index contributed by atoms with van der Waals surface area (Å²) in [4.78, 5) is 4.44. The van der Waals surface area contributed by atoms with E-state index in [1.165, 1.54) is 25.7 Å². The Kier molecular flexibility index (Phi) is 4.26. The number of nitrogens with zero attached hydrogens (tertiary/aromatic N) is 1. The van der Waals surface area contributed by atoms with Crippen molar-refractivity contribution >= 4 is 5.96 Å². The van der Waals surface area contributed by atoms with E-state index in [1.54, 1.807) is 0 Å². The zero-order valence-corrected chi connectivity index (χ0v) is 11.1. The summed E-state index contributed by atoms with van der Waals surface area (Å²) in [5.74, 6) is 9.61. The molecule has 0 spiro atoms. The molecule has 0 aromatic heterocycles. The molecule has 2 fully saturated rings. The molecule has 17 heavy (non-hydrogen) atoms. The molecule has 0 atom stereocenters. The highest BCUT2D eigenvalue weighted by atomic mass is 15.3. The third-order valence-electron chi connectivity index (χ3n) is 3.71. The SMILES string of the molecule is CC(C)CN=C(NN)NCC(C1CC1)C1CC1. The van der Waals surface area contributed by atoms with E-state index in [9.17, 15) is 0 Å². The Balaban J connectivity index is 1.75. The van der Waals surface area contributed by atoms with Crippen LogP contribution in [0, 0.1) is 23.7 Å². The van der Waals surface area contributed by atoms with Crippen molar-refractivity contribution in [2.24, 2.45) is 34.5 Å². The normalized spacial score (nSPS) is 21.1. The van der Waals surface area contributed by atoms with Crippen molar-refractivity contribution < 1.29 is 0 Å². The molecule has 0 radical (unpaired) electrons. The van der Waals surface area contributed by atoms with E-state index in [0.29, 0.717) is 5.92 Å². The highest BCUT2D eigenvalue weighted by molar-refractivity contribution is 5.79. The largest absolute Gasteiger partial charge is 0.355 e. The van der Waals surface area contributed by atoms with E-state index < -0.39 is 0 Å². The summed E-state index contributed by atoms with van der Waals surface area (Å²) in [6, 6.07) is 0. The molecule has 0 heterocycles. The quantitative estimate of drug-likeness (QED) is 0.284. The molecular formula is C13H26N4. The van der Waals surface area contributed by atoms with E-state index in [-0.39, 0.29) is 0 Å². The highest BCUT2D eigenvalue weighted by Gasteiger charge is 2.41. The van der Waals surface area contributed by atoms with Gasteiger partial charge in [0.15, 0.2) is 0 Å². The number of hydrazine groups is 1. The number of nitrogens with one attached hydrogen (secondary N) is 2. The van der Waals surface area contributed by atoms with E-state index in [0.717, 1.165) is 36.8 Å². The first kappa shape index (κ1) is 12.7. The monoisotopic (exact) mass is 238 g/mol. The minimum absolute atomic E-state index is 0.572. The average Bonchev–Trinajstić information content (AvgIpc) is 3.15. The molecule has 0 saturated heterocycles. The second-order valence-corrected chi connectivity index (χ2v) is 5.95. The van der Waals surface area contributed by atoms with Crippen LogP contribution in [0.3, 0.4) is 0 Å². The zero-order chi connectivity index (χ0) is 12.3.